The molecule has 0 spiro atoms. The molecule has 0 saturated heterocycles. The quantitative estimate of drug-likeness (QED) is 0.588. The SMILES string of the molecule is CS(=O)(=O)CCN1N=CCC1=O. The van der Waals surface area contributed by atoms with E-state index in [0.29, 0.717) is 0 Å². The number of rotatable bonds is 3. The summed E-state index contributed by atoms with van der Waals surface area (Å²) in [5.41, 5.74) is 0. The Bertz CT molecular complexity index is 307. The van der Waals surface area contributed by atoms with Crippen LogP contribution in [0.1, 0.15) is 6.42 Å². The van der Waals surface area contributed by atoms with E-state index in [9.17, 15) is 13.2 Å². The Morgan fingerprint density at radius 3 is 2.75 bits per heavy atom. The van der Waals surface area contributed by atoms with Crippen molar-refractivity contribution in [1.29, 1.82) is 0 Å². The summed E-state index contributed by atoms with van der Waals surface area (Å²) in [6.07, 6.45) is 2.89. The second-order valence-corrected chi connectivity index (χ2v) is 4.91. The summed E-state index contributed by atoms with van der Waals surface area (Å²) < 4.78 is 21.4. The number of hydrogen-bond acceptors (Lipinski definition) is 4. The topological polar surface area (TPSA) is 66.8 Å². The molecular weight excluding hydrogens is 180 g/mol. The van der Waals surface area contributed by atoms with Gasteiger partial charge in [0.25, 0.3) is 0 Å². The monoisotopic (exact) mass is 190 g/mol. The Labute approximate surface area is 71.0 Å². The molecule has 5 nitrogen and oxygen atoms in total. The number of carbonyl (C=O) groups is 1. The Balaban J connectivity index is 2.43. The van der Waals surface area contributed by atoms with Crippen LogP contribution in [0.15, 0.2) is 5.10 Å². The van der Waals surface area contributed by atoms with Gasteiger partial charge in [0.2, 0.25) is 5.91 Å². The summed E-state index contributed by atoms with van der Waals surface area (Å²) in [5.74, 6) is -0.172. The van der Waals surface area contributed by atoms with Crippen LogP contribution in [0, 0.1) is 0 Å². The fraction of sp³-hybridized carbons (Fsp3) is 0.667. The minimum absolute atomic E-state index is 0.0317. The Hall–Kier alpha value is -0.910. The van der Waals surface area contributed by atoms with E-state index in [4.69, 9.17) is 0 Å². The molecule has 0 radical (unpaired) electrons. The molecule has 1 aliphatic heterocycles. The maximum atomic E-state index is 10.9. The number of hydrazone groups is 1. The lowest BCUT2D eigenvalue weighted by molar-refractivity contribution is -0.128. The van der Waals surface area contributed by atoms with Crippen molar-refractivity contribution in [3.8, 4) is 0 Å². The van der Waals surface area contributed by atoms with Gasteiger partial charge in [-0.15, -0.1) is 0 Å². The first-order valence-electron chi connectivity index (χ1n) is 3.49. The van der Waals surface area contributed by atoms with E-state index < -0.39 is 9.84 Å². The van der Waals surface area contributed by atoms with Crippen molar-refractivity contribution >= 4 is 22.0 Å². The highest BCUT2D eigenvalue weighted by atomic mass is 32.2. The highest BCUT2D eigenvalue weighted by Crippen LogP contribution is 2.01. The number of carbonyl (C=O) groups excluding carboxylic acids is 1. The molecule has 0 N–H and O–H groups in total. The van der Waals surface area contributed by atoms with E-state index in [0.717, 1.165) is 6.26 Å². The van der Waals surface area contributed by atoms with Gasteiger partial charge in [0.05, 0.1) is 18.7 Å². The summed E-state index contributed by atoms with van der Waals surface area (Å²) in [6, 6.07) is 0. The van der Waals surface area contributed by atoms with Crippen LogP contribution in [0.3, 0.4) is 0 Å². The summed E-state index contributed by atoms with van der Waals surface area (Å²) in [7, 11) is -3.00. The van der Waals surface area contributed by atoms with Gasteiger partial charge in [-0.05, 0) is 0 Å². The highest BCUT2D eigenvalue weighted by Gasteiger charge is 2.17. The van der Waals surface area contributed by atoms with E-state index >= 15 is 0 Å². The highest BCUT2D eigenvalue weighted by molar-refractivity contribution is 7.90. The molecule has 0 fully saturated rings. The van der Waals surface area contributed by atoms with Gasteiger partial charge >= 0.3 is 0 Å². The van der Waals surface area contributed by atoms with E-state index in [1.807, 2.05) is 0 Å². The van der Waals surface area contributed by atoms with Gasteiger partial charge in [-0.2, -0.15) is 5.10 Å². The first-order valence-corrected chi connectivity index (χ1v) is 5.55. The molecule has 0 atom stereocenters. The Morgan fingerprint density at radius 1 is 1.67 bits per heavy atom. The summed E-state index contributed by atoms with van der Waals surface area (Å²) in [5, 5.41) is 4.90. The van der Waals surface area contributed by atoms with Gasteiger partial charge in [0.15, 0.2) is 0 Å². The van der Waals surface area contributed by atoms with Crippen LogP contribution in [-0.4, -0.2) is 44.1 Å². The summed E-state index contributed by atoms with van der Waals surface area (Å²) in [4.78, 5) is 10.9. The molecule has 0 aromatic carbocycles. The second kappa shape index (κ2) is 3.22. The Morgan fingerprint density at radius 2 is 2.33 bits per heavy atom. The van der Waals surface area contributed by atoms with Crippen molar-refractivity contribution in [2.24, 2.45) is 5.10 Å². The van der Waals surface area contributed by atoms with Gasteiger partial charge in [-0.1, -0.05) is 0 Å². The molecule has 0 saturated carbocycles. The standard InChI is InChI=1S/C6H10N2O3S/c1-12(10,11)5-4-8-6(9)2-3-7-8/h3H,2,4-5H2,1H3. The molecule has 6 heteroatoms. The number of hydrogen-bond donors (Lipinski definition) is 0. The third-order valence-corrected chi connectivity index (χ3v) is 2.37. The van der Waals surface area contributed by atoms with Gasteiger partial charge < -0.3 is 0 Å². The molecule has 68 valence electrons. The summed E-state index contributed by atoms with van der Waals surface area (Å²) in [6.45, 7) is 0.161. The minimum Gasteiger partial charge on any atom is -0.273 e. The average molecular weight is 190 g/mol. The van der Waals surface area contributed by atoms with Crippen LogP contribution in [0.25, 0.3) is 0 Å². The molecule has 0 bridgehead atoms. The molecule has 1 rings (SSSR count). The van der Waals surface area contributed by atoms with Gasteiger partial charge in [0.1, 0.15) is 9.84 Å². The molecule has 0 aliphatic carbocycles. The fourth-order valence-corrected chi connectivity index (χ4v) is 1.33. The fourth-order valence-electron chi connectivity index (χ4n) is 0.822. The van der Waals surface area contributed by atoms with Crippen LogP contribution < -0.4 is 0 Å². The minimum atomic E-state index is -3.00. The molecule has 1 amide bonds. The number of sulfone groups is 1. The zero-order valence-corrected chi connectivity index (χ0v) is 7.54. The van der Waals surface area contributed by atoms with Crippen molar-refractivity contribution < 1.29 is 13.2 Å². The van der Waals surface area contributed by atoms with Crippen molar-refractivity contribution in [3.63, 3.8) is 0 Å². The lowest BCUT2D eigenvalue weighted by Crippen LogP contribution is -2.26. The molecular formula is C6H10N2O3S. The third-order valence-electron chi connectivity index (χ3n) is 1.45. The van der Waals surface area contributed by atoms with Gasteiger partial charge in [-0.25, -0.2) is 13.4 Å². The van der Waals surface area contributed by atoms with Crippen molar-refractivity contribution in [1.82, 2.24) is 5.01 Å². The smallest absolute Gasteiger partial charge is 0.248 e. The van der Waals surface area contributed by atoms with Crippen molar-refractivity contribution in [2.75, 3.05) is 18.6 Å². The van der Waals surface area contributed by atoms with Crippen LogP contribution in [0.2, 0.25) is 0 Å². The molecule has 12 heavy (non-hydrogen) atoms. The lowest BCUT2D eigenvalue weighted by atomic mass is 10.4. The van der Waals surface area contributed by atoms with Crippen molar-refractivity contribution in [3.05, 3.63) is 0 Å². The van der Waals surface area contributed by atoms with E-state index in [-0.39, 0.29) is 24.6 Å². The lowest BCUT2D eigenvalue weighted by Gasteiger charge is -2.09. The number of nitrogens with zero attached hydrogens (tertiary/aromatic N) is 2. The first-order chi connectivity index (χ1) is 5.49. The summed E-state index contributed by atoms with van der Waals surface area (Å²) >= 11 is 0. The third kappa shape index (κ3) is 2.61. The van der Waals surface area contributed by atoms with E-state index in [1.54, 1.807) is 0 Å². The van der Waals surface area contributed by atoms with Crippen molar-refractivity contribution in [2.45, 2.75) is 6.42 Å². The van der Waals surface area contributed by atoms with Crippen LogP contribution in [-0.2, 0) is 14.6 Å². The van der Waals surface area contributed by atoms with Crippen LogP contribution in [0.5, 0.6) is 0 Å². The van der Waals surface area contributed by atoms with Gasteiger partial charge in [0, 0.05) is 12.5 Å². The van der Waals surface area contributed by atoms with Crippen LogP contribution >= 0.6 is 0 Å². The number of amides is 1. The van der Waals surface area contributed by atoms with Gasteiger partial charge in [-0.3, -0.25) is 4.79 Å². The zero-order chi connectivity index (χ0) is 9.19. The normalized spacial score (nSPS) is 17.4. The van der Waals surface area contributed by atoms with Crippen LogP contribution in [0.4, 0.5) is 0 Å². The average Bonchev–Trinajstić information content (AvgIpc) is 2.29. The molecule has 0 aromatic heterocycles. The molecule has 0 aromatic rings. The maximum Gasteiger partial charge on any atom is 0.248 e. The maximum absolute atomic E-state index is 10.9. The molecule has 0 unspecified atom stereocenters. The zero-order valence-electron chi connectivity index (χ0n) is 6.73. The van der Waals surface area contributed by atoms with E-state index in [1.165, 1.54) is 11.2 Å². The Kier molecular flexibility index (Phi) is 2.46. The first kappa shape index (κ1) is 9.18. The largest absolute Gasteiger partial charge is 0.273 e. The molecule has 1 heterocycles. The second-order valence-electron chi connectivity index (χ2n) is 2.65. The van der Waals surface area contributed by atoms with E-state index in [2.05, 4.69) is 5.10 Å². The molecule has 1 aliphatic rings. The predicted octanol–water partition coefficient (Wildman–Crippen LogP) is -0.751. The predicted molar refractivity (Wildman–Crippen MR) is 44.5 cm³/mol.